The van der Waals surface area contributed by atoms with E-state index in [-0.39, 0.29) is 12.5 Å². The highest BCUT2D eigenvalue weighted by atomic mass is 35.5. The van der Waals surface area contributed by atoms with Crippen molar-refractivity contribution in [2.75, 3.05) is 6.61 Å². The molecule has 1 aliphatic rings. The quantitative estimate of drug-likeness (QED) is 0.847. The number of allylic oxidation sites excluding steroid dienone is 1. The number of hydrogen-bond donors (Lipinski definition) is 1. The fourth-order valence-corrected chi connectivity index (χ4v) is 2.84. The topological polar surface area (TPSA) is 47.6 Å². The summed E-state index contributed by atoms with van der Waals surface area (Å²) in [7, 11) is 0. The molecule has 0 bridgehead atoms. The Balaban J connectivity index is 2.51. The van der Waals surface area contributed by atoms with Crippen molar-refractivity contribution in [1.82, 2.24) is 5.48 Å². The smallest absolute Gasteiger partial charge is 0.339 e. The summed E-state index contributed by atoms with van der Waals surface area (Å²) in [5.74, 6) is 0.157. The summed E-state index contributed by atoms with van der Waals surface area (Å²) in [5.41, 5.74) is 3.86. The van der Waals surface area contributed by atoms with Gasteiger partial charge in [0, 0.05) is 21.5 Å². The molecular weight excluding hydrogens is 313 g/mol. The van der Waals surface area contributed by atoms with E-state index in [4.69, 9.17) is 32.8 Å². The molecule has 114 valence electrons. The Labute approximate surface area is 134 Å². The second kappa shape index (κ2) is 6.69. The van der Waals surface area contributed by atoms with E-state index < -0.39 is 12.0 Å². The molecule has 2 rings (SSSR count). The van der Waals surface area contributed by atoms with Crippen molar-refractivity contribution < 1.29 is 14.4 Å². The Morgan fingerprint density at radius 2 is 2.00 bits per heavy atom. The molecule has 1 aliphatic heterocycles. The molecular formula is C15H17Cl2NO3. The van der Waals surface area contributed by atoms with Crippen molar-refractivity contribution >= 4 is 29.2 Å². The number of rotatable bonds is 4. The van der Waals surface area contributed by atoms with Gasteiger partial charge in [0.2, 0.25) is 0 Å². The number of nitrogens with one attached hydrogen (secondary N) is 1. The maximum absolute atomic E-state index is 12.3. The lowest BCUT2D eigenvalue weighted by molar-refractivity contribution is -0.138. The molecule has 1 unspecified atom stereocenters. The third kappa shape index (κ3) is 3.18. The molecule has 0 aliphatic carbocycles. The first-order valence-corrected chi connectivity index (χ1v) is 7.50. The molecule has 1 aromatic carbocycles. The zero-order chi connectivity index (χ0) is 15.6. The van der Waals surface area contributed by atoms with Crippen LogP contribution < -0.4 is 5.48 Å². The van der Waals surface area contributed by atoms with Crippen LogP contribution in [0.5, 0.6) is 0 Å². The van der Waals surface area contributed by atoms with E-state index in [1.54, 1.807) is 25.1 Å². The lowest BCUT2D eigenvalue weighted by atomic mass is 9.96. The van der Waals surface area contributed by atoms with Crippen LogP contribution in [0.25, 0.3) is 0 Å². The normalized spacial score (nSPS) is 18.1. The lowest BCUT2D eigenvalue weighted by Gasteiger charge is -2.15. The predicted octanol–water partition coefficient (Wildman–Crippen LogP) is 4.04. The molecule has 4 nitrogen and oxygen atoms in total. The van der Waals surface area contributed by atoms with Gasteiger partial charge in [-0.2, -0.15) is 0 Å². The first-order valence-electron chi connectivity index (χ1n) is 6.74. The van der Waals surface area contributed by atoms with E-state index >= 15 is 0 Å². The van der Waals surface area contributed by atoms with Crippen LogP contribution in [-0.2, 0) is 14.4 Å². The van der Waals surface area contributed by atoms with Gasteiger partial charge in [-0.3, -0.25) is 0 Å². The molecule has 1 N–H and O–H groups in total. The molecule has 1 atom stereocenters. The molecule has 0 radical (unpaired) electrons. The monoisotopic (exact) mass is 329 g/mol. The average molecular weight is 330 g/mol. The molecule has 0 spiro atoms. The average Bonchev–Trinajstić information content (AvgIpc) is 2.83. The SMILES string of the molecule is CCOC(=O)C1=C(C(C)C)ONC1c1c(Cl)cccc1Cl. The Hall–Kier alpha value is -1.23. The van der Waals surface area contributed by atoms with E-state index in [0.717, 1.165) is 0 Å². The molecule has 0 aromatic heterocycles. The molecule has 0 amide bonds. The fraction of sp³-hybridized carbons (Fsp3) is 0.400. The number of benzene rings is 1. The minimum Gasteiger partial charge on any atom is -0.462 e. The summed E-state index contributed by atoms with van der Waals surface area (Å²) in [5, 5.41) is 0.936. The predicted molar refractivity (Wildman–Crippen MR) is 81.9 cm³/mol. The maximum Gasteiger partial charge on any atom is 0.339 e. The van der Waals surface area contributed by atoms with Crippen molar-refractivity contribution in [3.8, 4) is 0 Å². The van der Waals surface area contributed by atoms with Gasteiger partial charge in [0.15, 0.2) is 0 Å². The van der Waals surface area contributed by atoms with E-state index in [1.165, 1.54) is 0 Å². The number of ether oxygens (including phenoxy) is 1. The Morgan fingerprint density at radius 3 is 2.52 bits per heavy atom. The van der Waals surface area contributed by atoms with E-state index in [0.29, 0.717) is 26.9 Å². The number of carbonyl (C=O) groups excluding carboxylic acids is 1. The highest BCUT2D eigenvalue weighted by Gasteiger charge is 2.37. The van der Waals surface area contributed by atoms with Gasteiger partial charge in [-0.15, -0.1) is 5.48 Å². The standard InChI is InChI=1S/C15H17Cl2NO3/c1-4-20-15(19)12-13(18-21-14(12)8(2)3)11-9(16)6-5-7-10(11)17/h5-8,13,18H,4H2,1-3H3. The number of hydroxylamine groups is 1. The minimum atomic E-state index is -0.539. The van der Waals surface area contributed by atoms with Gasteiger partial charge in [-0.05, 0) is 19.1 Å². The summed E-state index contributed by atoms with van der Waals surface area (Å²) < 4.78 is 5.13. The highest BCUT2D eigenvalue weighted by Crippen LogP contribution is 2.40. The van der Waals surface area contributed by atoms with Gasteiger partial charge in [0.1, 0.15) is 17.4 Å². The Morgan fingerprint density at radius 1 is 1.38 bits per heavy atom. The Bertz CT molecular complexity index is 564. The molecule has 21 heavy (non-hydrogen) atoms. The molecule has 0 saturated carbocycles. The minimum absolute atomic E-state index is 0.0307. The summed E-state index contributed by atoms with van der Waals surface area (Å²) >= 11 is 12.5. The van der Waals surface area contributed by atoms with E-state index in [1.807, 2.05) is 13.8 Å². The van der Waals surface area contributed by atoms with Gasteiger partial charge in [0.05, 0.1) is 6.61 Å². The zero-order valence-electron chi connectivity index (χ0n) is 12.1. The summed E-state index contributed by atoms with van der Waals surface area (Å²) in [6.45, 7) is 5.92. The lowest BCUT2D eigenvalue weighted by Crippen LogP contribution is -2.21. The summed E-state index contributed by atoms with van der Waals surface area (Å²) in [4.78, 5) is 17.8. The maximum atomic E-state index is 12.3. The van der Waals surface area contributed by atoms with Crippen LogP contribution in [0, 0.1) is 5.92 Å². The first kappa shape index (κ1) is 16.1. The third-order valence-corrected chi connectivity index (χ3v) is 3.81. The number of hydrogen-bond acceptors (Lipinski definition) is 4. The largest absolute Gasteiger partial charge is 0.462 e. The van der Waals surface area contributed by atoms with Crippen LogP contribution in [0.2, 0.25) is 10.0 Å². The first-order chi connectivity index (χ1) is 9.97. The van der Waals surface area contributed by atoms with Crippen LogP contribution in [0.4, 0.5) is 0 Å². The third-order valence-electron chi connectivity index (χ3n) is 3.15. The zero-order valence-corrected chi connectivity index (χ0v) is 13.6. The molecule has 0 fully saturated rings. The van der Waals surface area contributed by atoms with Crippen molar-refractivity contribution in [3.05, 3.63) is 45.1 Å². The van der Waals surface area contributed by atoms with E-state index in [2.05, 4.69) is 5.48 Å². The molecule has 1 heterocycles. The number of carbonyl (C=O) groups is 1. The van der Waals surface area contributed by atoms with Crippen LogP contribution in [0.3, 0.4) is 0 Å². The Kier molecular flexibility index (Phi) is 5.14. The van der Waals surface area contributed by atoms with Crippen LogP contribution in [0.1, 0.15) is 32.4 Å². The summed E-state index contributed by atoms with van der Waals surface area (Å²) in [6.07, 6.45) is 0. The van der Waals surface area contributed by atoms with Gasteiger partial charge in [0.25, 0.3) is 0 Å². The van der Waals surface area contributed by atoms with Crippen molar-refractivity contribution in [2.24, 2.45) is 5.92 Å². The molecule has 6 heteroatoms. The number of halogens is 2. The van der Waals surface area contributed by atoms with Crippen molar-refractivity contribution in [2.45, 2.75) is 26.8 Å². The molecule has 1 aromatic rings. The van der Waals surface area contributed by atoms with Gasteiger partial charge < -0.3 is 9.57 Å². The fourth-order valence-electron chi connectivity index (χ4n) is 2.22. The van der Waals surface area contributed by atoms with Crippen molar-refractivity contribution in [1.29, 1.82) is 0 Å². The highest BCUT2D eigenvalue weighted by molar-refractivity contribution is 6.36. The number of esters is 1. The van der Waals surface area contributed by atoms with Gasteiger partial charge in [-0.1, -0.05) is 43.1 Å². The van der Waals surface area contributed by atoms with Crippen LogP contribution >= 0.6 is 23.2 Å². The van der Waals surface area contributed by atoms with Crippen molar-refractivity contribution in [3.63, 3.8) is 0 Å². The van der Waals surface area contributed by atoms with E-state index in [9.17, 15) is 4.79 Å². The summed E-state index contributed by atoms with van der Waals surface area (Å²) in [6, 6.07) is 4.66. The second-order valence-corrected chi connectivity index (χ2v) is 5.76. The van der Waals surface area contributed by atoms with Crippen LogP contribution in [0.15, 0.2) is 29.5 Å². The molecule has 0 saturated heterocycles. The van der Waals surface area contributed by atoms with Crippen LogP contribution in [-0.4, -0.2) is 12.6 Å². The van der Waals surface area contributed by atoms with Gasteiger partial charge in [-0.25, -0.2) is 4.79 Å². The van der Waals surface area contributed by atoms with Gasteiger partial charge >= 0.3 is 5.97 Å². The second-order valence-electron chi connectivity index (χ2n) is 4.94.